The summed E-state index contributed by atoms with van der Waals surface area (Å²) in [7, 11) is 0. The number of phenols is 1. The fourth-order valence-corrected chi connectivity index (χ4v) is 4.11. The molecule has 150 valence electrons. The monoisotopic (exact) mass is 404 g/mol. The van der Waals surface area contributed by atoms with Crippen molar-refractivity contribution in [2.75, 3.05) is 9.96 Å². The summed E-state index contributed by atoms with van der Waals surface area (Å²) in [5.74, 6) is -2.29. The van der Waals surface area contributed by atoms with Crippen LogP contribution in [0.1, 0.15) is 11.6 Å². The van der Waals surface area contributed by atoms with E-state index >= 15 is 0 Å². The van der Waals surface area contributed by atoms with Gasteiger partial charge >= 0.3 is 0 Å². The lowest BCUT2D eigenvalue weighted by Crippen LogP contribution is -2.37. The molecule has 7 heteroatoms. The van der Waals surface area contributed by atoms with Gasteiger partial charge in [-0.3, -0.25) is 14.4 Å². The van der Waals surface area contributed by atoms with E-state index in [9.17, 15) is 19.1 Å². The average molecular weight is 404 g/mol. The summed E-state index contributed by atoms with van der Waals surface area (Å²) in [5, 5.41) is 12.0. The van der Waals surface area contributed by atoms with E-state index in [0.717, 1.165) is 4.90 Å². The summed E-state index contributed by atoms with van der Waals surface area (Å²) in [4.78, 5) is 33.5. The van der Waals surface area contributed by atoms with E-state index in [1.54, 1.807) is 30.3 Å². The van der Waals surface area contributed by atoms with Gasteiger partial charge in [-0.2, -0.15) is 0 Å². The molecule has 6 nitrogen and oxygen atoms in total. The van der Waals surface area contributed by atoms with Gasteiger partial charge in [0, 0.05) is 5.56 Å². The average Bonchev–Trinajstić information content (AvgIpc) is 3.26. The Morgan fingerprint density at radius 1 is 0.800 bits per heavy atom. The zero-order valence-corrected chi connectivity index (χ0v) is 15.7. The number of benzene rings is 3. The van der Waals surface area contributed by atoms with Crippen LogP contribution in [0.2, 0.25) is 0 Å². The highest BCUT2D eigenvalue weighted by molar-refractivity contribution is 6.23. The van der Waals surface area contributed by atoms with Crippen molar-refractivity contribution >= 4 is 23.2 Å². The van der Waals surface area contributed by atoms with Crippen LogP contribution in [0, 0.1) is 11.7 Å². The van der Waals surface area contributed by atoms with Gasteiger partial charge in [0.1, 0.15) is 17.5 Å². The van der Waals surface area contributed by atoms with Crippen molar-refractivity contribution in [3.8, 4) is 5.75 Å². The smallest absolute Gasteiger partial charge is 0.266 e. The molecule has 0 aromatic heterocycles. The predicted molar refractivity (Wildman–Crippen MR) is 107 cm³/mol. The largest absolute Gasteiger partial charge is 0.508 e. The maximum Gasteiger partial charge on any atom is 0.266 e. The van der Waals surface area contributed by atoms with Crippen LogP contribution in [0.15, 0.2) is 78.9 Å². The molecule has 2 saturated heterocycles. The molecule has 0 aliphatic carbocycles. The number of amides is 2. The molecule has 3 aromatic rings. The number of hydroxylamine groups is 1. The van der Waals surface area contributed by atoms with Crippen LogP contribution in [-0.2, 0) is 14.4 Å². The molecular formula is C23H17FN2O4. The maximum atomic E-state index is 13.4. The van der Waals surface area contributed by atoms with Crippen molar-refractivity contribution in [3.05, 3.63) is 90.2 Å². The van der Waals surface area contributed by atoms with E-state index in [2.05, 4.69) is 0 Å². The fourth-order valence-electron chi connectivity index (χ4n) is 4.11. The Balaban J connectivity index is 1.60. The van der Waals surface area contributed by atoms with Gasteiger partial charge in [0.2, 0.25) is 5.91 Å². The number of carbonyl (C=O) groups excluding carboxylic acids is 2. The molecule has 3 atom stereocenters. The first-order valence-corrected chi connectivity index (χ1v) is 9.48. The number of nitrogens with zero attached hydrogens (tertiary/aromatic N) is 2. The lowest BCUT2D eigenvalue weighted by Gasteiger charge is -2.29. The molecule has 2 fully saturated rings. The molecule has 2 heterocycles. The summed E-state index contributed by atoms with van der Waals surface area (Å²) in [6.45, 7) is 0. The molecular weight excluding hydrogens is 387 g/mol. The summed E-state index contributed by atoms with van der Waals surface area (Å²) in [5.41, 5.74) is 1.43. The fraction of sp³-hybridized carbons (Fsp3) is 0.130. The summed E-state index contributed by atoms with van der Waals surface area (Å²) in [6.07, 6.45) is -1.05. The molecule has 30 heavy (non-hydrogen) atoms. The van der Waals surface area contributed by atoms with Gasteiger partial charge in [0.15, 0.2) is 6.10 Å². The highest BCUT2D eigenvalue weighted by atomic mass is 19.1. The number of imide groups is 1. The van der Waals surface area contributed by atoms with Crippen molar-refractivity contribution in [2.24, 2.45) is 5.92 Å². The molecule has 3 aromatic carbocycles. The minimum atomic E-state index is -1.05. The van der Waals surface area contributed by atoms with Crippen LogP contribution in [-0.4, -0.2) is 23.0 Å². The zero-order chi connectivity index (χ0) is 20.8. The number of anilines is 2. The van der Waals surface area contributed by atoms with E-state index in [4.69, 9.17) is 4.84 Å². The van der Waals surface area contributed by atoms with E-state index < -0.39 is 35.7 Å². The third-order valence-electron chi connectivity index (χ3n) is 5.47. The Morgan fingerprint density at radius 3 is 2.17 bits per heavy atom. The predicted octanol–water partition coefficient (Wildman–Crippen LogP) is 3.58. The van der Waals surface area contributed by atoms with Crippen molar-refractivity contribution < 1.29 is 23.9 Å². The van der Waals surface area contributed by atoms with Gasteiger partial charge in [0.25, 0.3) is 5.91 Å². The minimum absolute atomic E-state index is 0.00756. The topological polar surface area (TPSA) is 70.1 Å². The van der Waals surface area contributed by atoms with Crippen molar-refractivity contribution in [1.29, 1.82) is 0 Å². The Hall–Kier alpha value is -3.71. The molecule has 0 unspecified atom stereocenters. The molecule has 2 aliphatic heterocycles. The maximum absolute atomic E-state index is 13.4. The number of hydrogen-bond donors (Lipinski definition) is 1. The van der Waals surface area contributed by atoms with Crippen molar-refractivity contribution in [1.82, 2.24) is 0 Å². The second kappa shape index (κ2) is 6.96. The zero-order valence-electron chi connectivity index (χ0n) is 15.7. The summed E-state index contributed by atoms with van der Waals surface area (Å²) < 4.78 is 13.3. The van der Waals surface area contributed by atoms with E-state index in [-0.39, 0.29) is 11.4 Å². The van der Waals surface area contributed by atoms with Gasteiger partial charge in [-0.15, -0.1) is 0 Å². The molecule has 0 saturated carbocycles. The quantitative estimate of drug-likeness (QED) is 0.676. The highest BCUT2D eigenvalue weighted by Crippen LogP contribution is 2.49. The highest BCUT2D eigenvalue weighted by Gasteiger charge is 2.60. The standard InChI is InChI=1S/C23H17FN2O4/c24-14-10-12-15(13-11-14)25-22(28)19-20(17-8-4-5-9-18(17)27)26(30-21(19)23(25)29)16-6-2-1-3-7-16/h1-13,19-21,27H/t19-,20-,21-/m1/s1. The lowest BCUT2D eigenvalue weighted by atomic mass is 9.90. The molecule has 0 radical (unpaired) electrons. The number of fused-ring (bicyclic) bond motifs is 1. The first-order valence-electron chi connectivity index (χ1n) is 9.48. The van der Waals surface area contributed by atoms with Crippen LogP contribution in [0.4, 0.5) is 15.8 Å². The second-order valence-electron chi connectivity index (χ2n) is 7.21. The number of carbonyl (C=O) groups is 2. The summed E-state index contributed by atoms with van der Waals surface area (Å²) in [6, 6.07) is 20.2. The molecule has 1 N–H and O–H groups in total. The Bertz CT molecular complexity index is 1120. The normalized spacial score (nSPS) is 23.2. The molecule has 0 spiro atoms. The van der Waals surface area contributed by atoms with Crippen molar-refractivity contribution in [2.45, 2.75) is 12.1 Å². The van der Waals surface area contributed by atoms with E-state index in [0.29, 0.717) is 11.3 Å². The van der Waals surface area contributed by atoms with Crippen LogP contribution < -0.4 is 9.96 Å². The number of phenolic OH excluding ortho intramolecular Hbond substituents is 1. The first kappa shape index (κ1) is 18.3. The van der Waals surface area contributed by atoms with Gasteiger partial charge in [-0.05, 0) is 42.5 Å². The molecule has 0 bridgehead atoms. The number of aromatic hydroxyl groups is 1. The van der Waals surface area contributed by atoms with Gasteiger partial charge in [0.05, 0.1) is 17.4 Å². The van der Waals surface area contributed by atoms with Gasteiger partial charge in [-0.1, -0.05) is 36.4 Å². The molecule has 2 aliphatic rings. The van der Waals surface area contributed by atoms with Crippen LogP contribution in [0.25, 0.3) is 0 Å². The molecule has 2 amide bonds. The lowest BCUT2D eigenvalue weighted by molar-refractivity contribution is -0.126. The molecule has 5 rings (SSSR count). The second-order valence-corrected chi connectivity index (χ2v) is 7.21. The van der Waals surface area contributed by atoms with E-state index in [1.165, 1.54) is 35.4 Å². The SMILES string of the molecule is O=C1[C@@H]2[C@@H](c3ccccc3O)N(c3ccccc3)O[C@H]2C(=O)N1c1ccc(F)cc1. The Labute approximate surface area is 171 Å². The minimum Gasteiger partial charge on any atom is -0.508 e. The first-order chi connectivity index (χ1) is 14.6. The number of halogens is 1. The van der Waals surface area contributed by atoms with Crippen LogP contribution >= 0.6 is 0 Å². The Morgan fingerprint density at radius 2 is 1.47 bits per heavy atom. The third kappa shape index (κ3) is 2.74. The third-order valence-corrected chi connectivity index (χ3v) is 5.47. The number of hydrogen-bond acceptors (Lipinski definition) is 5. The van der Waals surface area contributed by atoms with E-state index in [1.807, 2.05) is 18.2 Å². The van der Waals surface area contributed by atoms with Gasteiger partial charge in [-0.25, -0.2) is 14.4 Å². The van der Waals surface area contributed by atoms with Crippen LogP contribution in [0.3, 0.4) is 0 Å². The van der Waals surface area contributed by atoms with Gasteiger partial charge < -0.3 is 5.11 Å². The number of rotatable bonds is 3. The van der Waals surface area contributed by atoms with Crippen molar-refractivity contribution in [3.63, 3.8) is 0 Å². The van der Waals surface area contributed by atoms with Crippen LogP contribution in [0.5, 0.6) is 5.75 Å². The Kier molecular flexibility index (Phi) is 4.25. The number of para-hydroxylation sites is 2. The summed E-state index contributed by atoms with van der Waals surface area (Å²) >= 11 is 0.